The van der Waals surface area contributed by atoms with E-state index in [4.69, 9.17) is 0 Å². The number of nitrogens with zero attached hydrogens (tertiary/aromatic N) is 2. The van der Waals surface area contributed by atoms with Crippen LogP contribution in [0.5, 0.6) is 0 Å². The summed E-state index contributed by atoms with van der Waals surface area (Å²) >= 11 is 0. The fraction of sp³-hybridized carbons (Fsp3) is 0.800. The lowest BCUT2D eigenvalue weighted by atomic mass is 9.75. The third-order valence-electron chi connectivity index (χ3n) is 4.61. The summed E-state index contributed by atoms with van der Waals surface area (Å²) in [5, 5.41) is 7.98. The van der Waals surface area contributed by atoms with Crippen LogP contribution in [0.1, 0.15) is 44.0 Å². The highest BCUT2D eigenvalue weighted by Gasteiger charge is 2.29. The van der Waals surface area contributed by atoms with Crippen molar-refractivity contribution in [1.29, 1.82) is 0 Å². The van der Waals surface area contributed by atoms with Crippen molar-refractivity contribution in [3.63, 3.8) is 0 Å². The van der Waals surface area contributed by atoms with E-state index in [1.807, 2.05) is 0 Å². The summed E-state index contributed by atoms with van der Waals surface area (Å²) in [5.74, 6) is 1.69. The van der Waals surface area contributed by atoms with Crippen LogP contribution in [0.15, 0.2) is 6.07 Å². The average molecular weight is 249 g/mol. The number of nitrogens with one attached hydrogen (secondary N) is 1. The van der Waals surface area contributed by atoms with Gasteiger partial charge in [-0.15, -0.1) is 0 Å². The van der Waals surface area contributed by atoms with Crippen LogP contribution >= 0.6 is 0 Å². The fourth-order valence-corrected chi connectivity index (χ4v) is 3.46. The summed E-state index contributed by atoms with van der Waals surface area (Å²) in [6, 6.07) is 2.92. The Labute approximate surface area is 111 Å². The maximum Gasteiger partial charge on any atom is 0.0596 e. The second-order valence-electron chi connectivity index (χ2n) is 5.85. The highest BCUT2D eigenvalue weighted by molar-refractivity contribution is 5.10. The molecule has 0 aliphatic heterocycles. The molecule has 0 radical (unpaired) electrons. The molecule has 0 saturated heterocycles. The molecule has 0 bridgehead atoms. The van der Waals surface area contributed by atoms with Gasteiger partial charge in [0.05, 0.1) is 5.69 Å². The van der Waals surface area contributed by atoms with Crippen LogP contribution in [-0.2, 0) is 13.5 Å². The van der Waals surface area contributed by atoms with Crippen LogP contribution in [0, 0.1) is 18.8 Å². The second-order valence-corrected chi connectivity index (χ2v) is 5.85. The second kappa shape index (κ2) is 5.87. The zero-order valence-electron chi connectivity index (χ0n) is 12.2. The first-order valence-corrected chi connectivity index (χ1v) is 7.30. The smallest absolute Gasteiger partial charge is 0.0596 e. The van der Waals surface area contributed by atoms with Crippen molar-refractivity contribution in [3.05, 3.63) is 17.5 Å². The first-order valence-electron chi connectivity index (χ1n) is 7.30. The Kier molecular flexibility index (Phi) is 4.44. The third-order valence-corrected chi connectivity index (χ3v) is 4.61. The largest absolute Gasteiger partial charge is 0.317 e. The summed E-state index contributed by atoms with van der Waals surface area (Å²) in [4.78, 5) is 0. The van der Waals surface area contributed by atoms with Crippen molar-refractivity contribution < 1.29 is 0 Å². The minimum Gasteiger partial charge on any atom is -0.317 e. The van der Waals surface area contributed by atoms with Gasteiger partial charge >= 0.3 is 0 Å². The SMILES string of the molecule is CCC1CCC(NC)C(Cc2cc(C)nn2C)C1. The molecule has 0 amide bonds. The number of rotatable bonds is 4. The van der Waals surface area contributed by atoms with Gasteiger partial charge in [0.15, 0.2) is 0 Å². The molecule has 1 N–H and O–H groups in total. The molecule has 18 heavy (non-hydrogen) atoms. The fourth-order valence-electron chi connectivity index (χ4n) is 3.46. The van der Waals surface area contributed by atoms with Gasteiger partial charge in [0.2, 0.25) is 0 Å². The molecule has 1 aromatic heterocycles. The van der Waals surface area contributed by atoms with Crippen LogP contribution < -0.4 is 5.32 Å². The van der Waals surface area contributed by atoms with E-state index in [0.717, 1.165) is 17.5 Å². The van der Waals surface area contributed by atoms with Crippen LogP contribution in [0.4, 0.5) is 0 Å². The molecule has 3 atom stereocenters. The van der Waals surface area contributed by atoms with Gasteiger partial charge in [0.25, 0.3) is 0 Å². The number of hydrogen-bond acceptors (Lipinski definition) is 2. The lowest BCUT2D eigenvalue weighted by molar-refractivity contribution is 0.203. The number of hydrogen-bond donors (Lipinski definition) is 1. The van der Waals surface area contributed by atoms with Crippen LogP contribution in [0.25, 0.3) is 0 Å². The predicted octanol–water partition coefficient (Wildman–Crippen LogP) is 2.69. The van der Waals surface area contributed by atoms with Gasteiger partial charge in [0, 0.05) is 18.8 Å². The zero-order chi connectivity index (χ0) is 13.1. The minimum absolute atomic E-state index is 0.683. The molecule has 1 aromatic rings. The van der Waals surface area contributed by atoms with E-state index in [1.54, 1.807) is 0 Å². The topological polar surface area (TPSA) is 29.9 Å². The molecule has 3 heteroatoms. The maximum atomic E-state index is 4.46. The average Bonchev–Trinajstić information content (AvgIpc) is 2.67. The van der Waals surface area contributed by atoms with Gasteiger partial charge in [-0.05, 0) is 57.6 Å². The lowest BCUT2D eigenvalue weighted by Gasteiger charge is -2.35. The van der Waals surface area contributed by atoms with Gasteiger partial charge in [-0.2, -0.15) is 5.10 Å². The zero-order valence-corrected chi connectivity index (χ0v) is 12.2. The summed E-state index contributed by atoms with van der Waals surface area (Å²) in [5.41, 5.74) is 2.52. The predicted molar refractivity (Wildman–Crippen MR) is 75.6 cm³/mol. The first-order chi connectivity index (χ1) is 8.63. The van der Waals surface area contributed by atoms with E-state index in [1.165, 1.54) is 37.8 Å². The minimum atomic E-state index is 0.683. The summed E-state index contributed by atoms with van der Waals surface area (Å²) in [6.45, 7) is 4.41. The van der Waals surface area contributed by atoms with Crippen molar-refractivity contribution >= 4 is 0 Å². The molecule has 0 spiro atoms. The third kappa shape index (κ3) is 2.94. The van der Waals surface area contributed by atoms with E-state index in [-0.39, 0.29) is 0 Å². The lowest BCUT2D eigenvalue weighted by Crippen LogP contribution is -2.39. The van der Waals surface area contributed by atoms with Gasteiger partial charge < -0.3 is 5.32 Å². The van der Waals surface area contributed by atoms with E-state index >= 15 is 0 Å². The van der Waals surface area contributed by atoms with E-state index in [0.29, 0.717) is 6.04 Å². The van der Waals surface area contributed by atoms with Gasteiger partial charge in [-0.25, -0.2) is 0 Å². The van der Waals surface area contributed by atoms with Crippen LogP contribution in [-0.4, -0.2) is 22.9 Å². The Balaban J connectivity index is 2.06. The van der Waals surface area contributed by atoms with E-state index in [9.17, 15) is 0 Å². The van der Waals surface area contributed by atoms with Gasteiger partial charge in [-0.1, -0.05) is 13.3 Å². The highest BCUT2D eigenvalue weighted by Crippen LogP contribution is 2.33. The summed E-state index contributed by atoms with van der Waals surface area (Å²) in [7, 11) is 4.18. The van der Waals surface area contributed by atoms with Crippen molar-refractivity contribution in [3.8, 4) is 0 Å². The molecular weight excluding hydrogens is 222 g/mol. The molecule has 1 aliphatic rings. The molecule has 1 fully saturated rings. The monoisotopic (exact) mass is 249 g/mol. The molecule has 0 aromatic carbocycles. The molecule has 102 valence electrons. The molecule has 1 aliphatic carbocycles. The molecule has 3 unspecified atom stereocenters. The Bertz CT molecular complexity index is 383. The molecule has 1 heterocycles. The Morgan fingerprint density at radius 2 is 2.22 bits per heavy atom. The number of aryl methyl sites for hydroxylation is 2. The van der Waals surface area contributed by atoms with E-state index in [2.05, 4.69) is 49.1 Å². The van der Waals surface area contributed by atoms with Gasteiger partial charge in [-0.3, -0.25) is 4.68 Å². The van der Waals surface area contributed by atoms with E-state index < -0.39 is 0 Å². The van der Waals surface area contributed by atoms with Crippen LogP contribution in [0.3, 0.4) is 0 Å². The molecule has 3 nitrogen and oxygen atoms in total. The van der Waals surface area contributed by atoms with Crippen molar-refractivity contribution in [1.82, 2.24) is 15.1 Å². The van der Waals surface area contributed by atoms with Crippen LogP contribution in [0.2, 0.25) is 0 Å². The normalized spacial score (nSPS) is 28.6. The van der Waals surface area contributed by atoms with Crippen molar-refractivity contribution in [2.75, 3.05) is 7.05 Å². The Hall–Kier alpha value is -0.830. The van der Waals surface area contributed by atoms with Gasteiger partial charge in [0.1, 0.15) is 0 Å². The summed E-state index contributed by atoms with van der Waals surface area (Å²) < 4.78 is 2.05. The quantitative estimate of drug-likeness (QED) is 0.889. The molecular formula is C15H27N3. The Morgan fingerprint density at radius 1 is 1.44 bits per heavy atom. The molecule has 1 saturated carbocycles. The first kappa shape index (κ1) is 13.6. The van der Waals surface area contributed by atoms with Crippen molar-refractivity contribution in [2.24, 2.45) is 18.9 Å². The number of aromatic nitrogens is 2. The Morgan fingerprint density at radius 3 is 2.78 bits per heavy atom. The van der Waals surface area contributed by atoms with Crippen molar-refractivity contribution in [2.45, 2.75) is 52.0 Å². The standard InChI is InChI=1S/C15H27N3/c1-5-12-6-7-15(16-3)13(9-12)10-14-8-11(2)17-18(14)4/h8,12-13,15-16H,5-7,9-10H2,1-4H3. The maximum absolute atomic E-state index is 4.46. The molecule has 2 rings (SSSR count). The highest BCUT2D eigenvalue weighted by atomic mass is 15.3. The summed E-state index contributed by atoms with van der Waals surface area (Å²) in [6.07, 6.45) is 6.59.